The fourth-order valence-corrected chi connectivity index (χ4v) is 3.58. The summed E-state index contributed by atoms with van der Waals surface area (Å²) in [4.78, 5) is 30.2. The number of benzene rings is 2. The van der Waals surface area contributed by atoms with Crippen molar-refractivity contribution < 1.29 is 32.6 Å². The number of carbonyl (C=O) groups excluding carboxylic acids is 2. The summed E-state index contributed by atoms with van der Waals surface area (Å²) in [6.07, 6.45) is -4.94. The standard InChI is InChI=1S/C24H21F3N4O4/c25-24(26,27)21-19(22(32)33)10-11-20(29-21)30-12-14-31(15-13-30)23(34)28-16-6-8-18(9-7-16)35-17-4-2-1-3-5-17/h1-11H,12-15H2,(H,28,34)(H,32,33)/p-1. The van der Waals surface area contributed by atoms with Gasteiger partial charge in [0.15, 0.2) is 5.69 Å². The lowest BCUT2D eigenvalue weighted by Gasteiger charge is -2.35. The first kappa shape index (κ1) is 23.9. The van der Waals surface area contributed by atoms with Crippen molar-refractivity contribution in [2.75, 3.05) is 36.4 Å². The van der Waals surface area contributed by atoms with Crippen LogP contribution >= 0.6 is 0 Å². The van der Waals surface area contributed by atoms with Crippen LogP contribution in [0.2, 0.25) is 0 Å². The Morgan fingerprint density at radius 2 is 1.51 bits per heavy atom. The van der Waals surface area contributed by atoms with E-state index in [1.54, 1.807) is 29.2 Å². The van der Waals surface area contributed by atoms with Gasteiger partial charge in [-0.3, -0.25) is 0 Å². The van der Waals surface area contributed by atoms with Gasteiger partial charge in [0.05, 0.1) is 5.97 Å². The second-order valence-corrected chi connectivity index (χ2v) is 7.69. The van der Waals surface area contributed by atoms with Crippen molar-refractivity contribution in [3.05, 3.63) is 78.0 Å². The monoisotopic (exact) mass is 485 g/mol. The van der Waals surface area contributed by atoms with Gasteiger partial charge in [-0.2, -0.15) is 13.2 Å². The first-order valence-electron chi connectivity index (χ1n) is 10.6. The number of urea groups is 1. The fourth-order valence-electron chi connectivity index (χ4n) is 3.58. The van der Waals surface area contributed by atoms with Crippen LogP contribution in [0.25, 0.3) is 0 Å². The molecule has 0 bridgehead atoms. The quantitative estimate of drug-likeness (QED) is 0.593. The van der Waals surface area contributed by atoms with Gasteiger partial charge in [0.1, 0.15) is 17.3 Å². The molecule has 0 saturated carbocycles. The molecule has 1 aliphatic heterocycles. The number of pyridine rings is 1. The minimum atomic E-state index is -4.94. The number of carboxylic acid groups (broad SMARTS) is 1. The van der Waals surface area contributed by atoms with Crippen molar-refractivity contribution in [3.8, 4) is 11.5 Å². The smallest absolute Gasteiger partial charge is 0.434 e. The third-order valence-corrected chi connectivity index (χ3v) is 5.34. The first-order chi connectivity index (χ1) is 16.7. The topological polar surface area (TPSA) is 97.8 Å². The van der Waals surface area contributed by atoms with Crippen LogP contribution in [0.15, 0.2) is 66.7 Å². The SMILES string of the molecule is O=C([O-])c1ccc(N2CCN(C(=O)Nc3ccc(Oc4ccccc4)cc3)CC2)nc1C(F)(F)F. The van der Waals surface area contributed by atoms with Crippen molar-refractivity contribution in [1.82, 2.24) is 9.88 Å². The molecule has 4 rings (SSSR count). The van der Waals surface area contributed by atoms with Crippen LogP contribution in [-0.2, 0) is 6.18 Å². The number of piperazine rings is 1. The molecule has 0 aliphatic carbocycles. The molecule has 2 heterocycles. The Hall–Kier alpha value is -4.28. The van der Waals surface area contributed by atoms with Gasteiger partial charge in [-0.25, -0.2) is 9.78 Å². The van der Waals surface area contributed by atoms with Crippen LogP contribution in [0.5, 0.6) is 11.5 Å². The molecule has 182 valence electrons. The maximum Gasteiger partial charge on any atom is 0.434 e. The number of nitrogens with zero attached hydrogens (tertiary/aromatic N) is 3. The Labute approximate surface area is 198 Å². The predicted octanol–water partition coefficient (Wildman–Crippen LogP) is 3.61. The van der Waals surface area contributed by atoms with E-state index >= 15 is 0 Å². The molecule has 1 aromatic heterocycles. The molecule has 2 aromatic carbocycles. The number of rotatable bonds is 5. The van der Waals surface area contributed by atoms with E-state index in [2.05, 4.69) is 10.3 Å². The van der Waals surface area contributed by atoms with E-state index in [-0.39, 0.29) is 38.0 Å². The zero-order chi connectivity index (χ0) is 25.0. The molecule has 3 aromatic rings. The summed E-state index contributed by atoms with van der Waals surface area (Å²) >= 11 is 0. The number of amides is 2. The first-order valence-corrected chi connectivity index (χ1v) is 10.6. The number of carbonyl (C=O) groups is 2. The van der Waals surface area contributed by atoms with Crippen molar-refractivity contribution in [2.45, 2.75) is 6.18 Å². The number of aromatic nitrogens is 1. The minimum absolute atomic E-state index is 0.0172. The van der Waals surface area contributed by atoms with Gasteiger partial charge < -0.3 is 29.8 Å². The minimum Gasteiger partial charge on any atom is -0.545 e. The van der Waals surface area contributed by atoms with Crippen molar-refractivity contribution in [1.29, 1.82) is 0 Å². The number of hydrogen-bond donors (Lipinski definition) is 1. The van der Waals surface area contributed by atoms with Gasteiger partial charge >= 0.3 is 12.2 Å². The molecule has 2 amide bonds. The molecule has 0 radical (unpaired) electrons. The molecular weight excluding hydrogens is 465 g/mol. The summed E-state index contributed by atoms with van der Waals surface area (Å²) in [7, 11) is 0. The average Bonchev–Trinajstić information content (AvgIpc) is 2.85. The van der Waals surface area contributed by atoms with E-state index in [0.29, 0.717) is 17.2 Å². The molecule has 0 unspecified atom stereocenters. The number of ether oxygens (including phenoxy) is 1. The molecule has 1 fully saturated rings. The van der Waals surface area contributed by atoms with E-state index < -0.39 is 23.4 Å². The zero-order valence-corrected chi connectivity index (χ0v) is 18.3. The van der Waals surface area contributed by atoms with Gasteiger partial charge in [-0.15, -0.1) is 0 Å². The van der Waals surface area contributed by atoms with E-state index in [0.717, 1.165) is 6.07 Å². The van der Waals surface area contributed by atoms with Crippen LogP contribution in [0.1, 0.15) is 16.1 Å². The Bertz CT molecular complexity index is 1200. The lowest BCUT2D eigenvalue weighted by Crippen LogP contribution is -2.50. The number of anilines is 2. The van der Waals surface area contributed by atoms with Gasteiger partial charge in [0.2, 0.25) is 0 Å². The van der Waals surface area contributed by atoms with Crippen molar-refractivity contribution in [3.63, 3.8) is 0 Å². The molecular formula is C24H20F3N4O4-. The van der Waals surface area contributed by atoms with Crippen LogP contribution in [0.4, 0.5) is 29.5 Å². The second kappa shape index (κ2) is 9.92. The predicted molar refractivity (Wildman–Crippen MR) is 119 cm³/mol. The normalized spacial score (nSPS) is 13.9. The number of aromatic carboxylic acids is 1. The largest absolute Gasteiger partial charge is 0.545 e. The molecule has 0 spiro atoms. The van der Waals surface area contributed by atoms with Crippen LogP contribution in [0.3, 0.4) is 0 Å². The van der Waals surface area contributed by atoms with E-state index in [9.17, 15) is 27.9 Å². The van der Waals surface area contributed by atoms with Crippen molar-refractivity contribution in [2.24, 2.45) is 0 Å². The summed E-state index contributed by atoms with van der Waals surface area (Å²) in [6.45, 7) is 0.942. The number of para-hydroxylation sites is 1. The maximum atomic E-state index is 13.2. The molecule has 1 aliphatic rings. The highest BCUT2D eigenvalue weighted by atomic mass is 19.4. The van der Waals surface area contributed by atoms with Crippen LogP contribution in [0, 0.1) is 0 Å². The maximum absolute atomic E-state index is 13.2. The van der Waals surface area contributed by atoms with Gasteiger partial charge in [-0.05, 0) is 48.5 Å². The highest BCUT2D eigenvalue weighted by molar-refractivity contribution is 5.89. The number of halogens is 3. The molecule has 1 saturated heterocycles. The summed E-state index contributed by atoms with van der Waals surface area (Å²) < 4.78 is 45.4. The number of alkyl halides is 3. The van der Waals surface area contributed by atoms with Crippen LogP contribution in [-0.4, -0.2) is 48.1 Å². The fraction of sp³-hybridized carbons (Fsp3) is 0.208. The Morgan fingerprint density at radius 3 is 2.11 bits per heavy atom. The van der Waals surface area contributed by atoms with E-state index in [1.165, 1.54) is 11.0 Å². The van der Waals surface area contributed by atoms with Gasteiger partial charge in [0.25, 0.3) is 0 Å². The van der Waals surface area contributed by atoms with Crippen LogP contribution < -0.4 is 20.1 Å². The number of carboxylic acids is 1. The lowest BCUT2D eigenvalue weighted by atomic mass is 10.1. The lowest BCUT2D eigenvalue weighted by molar-refractivity contribution is -0.255. The summed E-state index contributed by atoms with van der Waals surface area (Å²) in [5.74, 6) is -0.666. The molecule has 35 heavy (non-hydrogen) atoms. The number of hydrogen-bond acceptors (Lipinski definition) is 6. The second-order valence-electron chi connectivity index (χ2n) is 7.69. The Balaban J connectivity index is 1.34. The Kier molecular flexibility index (Phi) is 6.76. The average molecular weight is 485 g/mol. The number of nitrogens with one attached hydrogen (secondary N) is 1. The van der Waals surface area contributed by atoms with Crippen molar-refractivity contribution >= 4 is 23.5 Å². The summed E-state index contributed by atoms with van der Waals surface area (Å²) in [5, 5.41) is 13.8. The molecule has 8 nitrogen and oxygen atoms in total. The van der Waals surface area contributed by atoms with Gasteiger partial charge in [0, 0.05) is 37.4 Å². The Morgan fingerprint density at radius 1 is 0.886 bits per heavy atom. The summed E-state index contributed by atoms with van der Waals surface area (Å²) in [6, 6.07) is 17.8. The zero-order valence-electron chi connectivity index (χ0n) is 18.3. The summed E-state index contributed by atoms with van der Waals surface area (Å²) in [5.41, 5.74) is -1.96. The third-order valence-electron chi connectivity index (χ3n) is 5.34. The molecule has 0 atom stereocenters. The highest BCUT2D eigenvalue weighted by Crippen LogP contribution is 2.32. The highest BCUT2D eigenvalue weighted by Gasteiger charge is 2.36. The van der Waals surface area contributed by atoms with E-state index in [1.807, 2.05) is 30.3 Å². The third kappa shape index (κ3) is 5.81. The molecule has 11 heteroatoms. The van der Waals surface area contributed by atoms with E-state index in [4.69, 9.17) is 4.74 Å². The van der Waals surface area contributed by atoms with Gasteiger partial charge in [-0.1, -0.05) is 18.2 Å². The molecule has 1 N–H and O–H groups in total.